The van der Waals surface area contributed by atoms with Crippen molar-refractivity contribution >= 4 is 5.69 Å². The topological polar surface area (TPSA) is 93.4 Å². The predicted molar refractivity (Wildman–Crippen MR) is 62.4 cm³/mol. The number of nitrogens with two attached hydrogens (primary N) is 1. The van der Waals surface area contributed by atoms with Crippen LogP contribution in [-0.4, -0.2) is 20.2 Å². The van der Waals surface area contributed by atoms with Crippen LogP contribution in [0.25, 0.3) is 5.69 Å². The number of benzene rings is 1. The Hall–Kier alpha value is -2.42. The van der Waals surface area contributed by atoms with Gasteiger partial charge in [0.25, 0.3) is 0 Å². The summed E-state index contributed by atoms with van der Waals surface area (Å²) in [4.78, 5) is 0. The highest BCUT2D eigenvalue weighted by Gasteiger charge is 2.13. The van der Waals surface area contributed by atoms with Gasteiger partial charge in [-0.15, -0.1) is 5.10 Å². The highest BCUT2D eigenvalue weighted by Crippen LogP contribution is 2.21. The molecule has 0 radical (unpaired) electrons. The molecule has 0 atom stereocenters. The number of nitriles is 1. The van der Waals surface area contributed by atoms with E-state index in [1.165, 1.54) is 0 Å². The van der Waals surface area contributed by atoms with Gasteiger partial charge in [0.05, 0.1) is 23.0 Å². The normalized spacial score (nSPS) is 10.5. The molecule has 1 heterocycles. The molecular weight excluding hydrogens is 216 g/mol. The SMILES string of the molecule is CC(C)c1nnnn1-c1ccc(C#N)cc1N. The van der Waals surface area contributed by atoms with Crippen LogP contribution in [0, 0.1) is 11.3 Å². The van der Waals surface area contributed by atoms with E-state index in [0.717, 1.165) is 5.82 Å². The number of rotatable bonds is 2. The fraction of sp³-hybridized carbons (Fsp3) is 0.273. The highest BCUT2D eigenvalue weighted by molar-refractivity contribution is 5.60. The van der Waals surface area contributed by atoms with Crippen LogP contribution in [0.1, 0.15) is 31.2 Å². The van der Waals surface area contributed by atoms with Gasteiger partial charge in [0, 0.05) is 5.92 Å². The van der Waals surface area contributed by atoms with Crippen LogP contribution in [0.15, 0.2) is 18.2 Å². The quantitative estimate of drug-likeness (QED) is 0.780. The summed E-state index contributed by atoms with van der Waals surface area (Å²) in [5.41, 5.74) is 7.59. The van der Waals surface area contributed by atoms with E-state index in [9.17, 15) is 0 Å². The van der Waals surface area contributed by atoms with Crippen LogP contribution in [-0.2, 0) is 0 Å². The molecule has 1 aromatic heterocycles. The van der Waals surface area contributed by atoms with Gasteiger partial charge in [-0.2, -0.15) is 9.94 Å². The third kappa shape index (κ3) is 1.95. The monoisotopic (exact) mass is 228 g/mol. The number of anilines is 1. The molecule has 6 nitrogen and oxygen atoms in total. The first-order valence-corrected chi connectivity index (χ1v) is 5.21. The summed E-state index contributed by atoms with van der Waals surface area (Å²) < 4.78 is 1.60. The molecule has 0 bridgehead atoms. The minimum atomic E-state index is 0.194. The lowest BCUT2D eigenvalue weighted by atomic mass is 10.1. The second kappa shape index (κ2) is 4.22. The number of nitrogens with zero attached hydrogens (tertiary/aromatic N) is 5. The number of aromatic nitrogens is 4. The van der Waals surface area contributed by atoms with Gasteiger partial charge < -0.3 is 5.73 Å². The molecule has 0 aliphatic heterocycles. The fourth-order valence-corrected chi connectivity index (χ4v) is 1.54. The molecule has 0 unspecified atom stereocenters. The maximum atomic E-state index is 8.77. The summed E-state index contributed by atoms with van der Waals surface area (Å²) in [6.45, 7) is 4.00. The van der Waals surface area contributed by atoms with Crippen LogP contribution >= 0.6 is 0 Å². The van der Waals surface area contributed by atoms with Crippen LogP contribution < -0.4 is 5.73 Å². The minimum absolute atomic E-state index is 0.194. The molecule has 2 aromatic rings. The van der Waals surface area contributed by atoms with Crippen molar-refractivity contribution in [2.45, 2.75) is 19.8 Å². The summed E-state index contributed by atoms with van der Waals surface area (Å²) >= 11 is 0. The van der Waals surface area contributed by atoms with E-state index < -0.39 is 0 Å². The smallest absolute Gasteiger partial charge is 0.159 e. The lowest BCUT2D eigenvalue weighted by Gasteiger charge is -2.09. The molecule has 17 heavy (non-hydrogen) atoms. The summed E-state index contributed by atoms with van der Waals surface area (Å²) in [7, 11) is 0. The highest BCUT2D eigenvalue weighted by atomic mass is 15.5. The summed E-state index contributed by atoms with van der Waals surface area (Å²) in [6.07, 6.45) is 0. The van der Waals surface area contributed by atoms with E-state index in [1.807, 2.05) is 19.9 Å². The van der Waals surface area contributed by atoms with Crippen molar-refractivity contribution in [3.63, 3.8) is 0 Å². The second-order valence-corrected chi connectivity index (χ2v) is 3.99. The summed E-state index contributed by atoms with van der Waals surface area (Å²) in [6, 6.07) is 7.09. The van der Waals surface area contributed by atoms with Gasteiger partial charge in [-0.25, -0.2) is 0 Å². The standard InChI is InChI=1S/C11H12N6/c1-7(2)11-14-15-16-17(11)10-4-3-8(6-12)5-9(10)13/h3-5,7H,13H2,1-2H3. The van der Waals surface area contributed by atoms with Crippen LogP contribution in [0.5, 0.6) is 0 Å². The number of hydrogen-bond acceptors (Lipinski definition) is 5. The number of nitrogen functional groups attached to an aromatic ring is 1. The van der Waals surface area contributed by atoms with E-state index in [4.69, 9.17) is 11.0 Å². The molecule has 2 rings (SSSR count). The van der Waals surface area contributed by atoms with Gasteiger partial charge in [0.15, 0.2) is 5.82 Å². The molecular formula is C11H12N6. The van der Waals surface area contributed by atoms with E-state index >= 15 is 0 Å². The second-order valence-electron chi connectivity index (χ2n) is 3.99. The molecule has 0 fully saturated rings. The molecule has 0 aliphatic carbocycles. The number of tetrazole rings is 1. The average molecular weight is 228 g/mol. The summed E-state index contributed by atoms with van der Waals surface area (Å²) in [5, 5.41) is 20.3. The zero-order chi connectivity index (χ0) is 12.4. The maximum Gasteiger partial charge on any atom is 0.159 e. The van der Waals surface area contributed by atoms with Crippen molar-refractivity contribution in [2.24, 2.45) is 0 Å². The third-order valence-corrected chi connectivity index (χ3v) is 2.39. The van der Waals surface area contributed by atoms with Gasteiger partial charge in [-0.3, -0.25) is 0 Å². The fourth-order valence-electron chi connectivity index (χ4n) is 1.54. The van der Waals surface area contributed by atoms with Crippen molar-refractivity contribution in [3.05, 3.63) is 29.6 Å². The molecule has 0 amide bonds. The first kappa shape index (κ1) is 11.1. The van der Waals surface area contributed by atoms with E-state index in [2.05, 4.69) is 15.5 Å². The Balaban J connectivity index is 2.54. The molecule has 0 aliphatic rings. The van der Waals surface area contributed by atoms with Crippen molar-refractivity contribution in [1.82, 2.24) is 20.2 Å². The lowest BCUT2D eigenvalue weighted by Crippen LogP contribution is -2.07. The molecule has 6 heteroatoms. The Morgan fingerprint density at radius 1 is 1.41 bits per heavy atom. The van der Waals surface area contributed by atoms with Crippen molar-refractivity contribution in [3.8, 4) is 11.8 Å². The van der Waals surface area contributed by atoms with Gasteiger partial charge in [-0.05, 0) is 28.6 Å². The van der Waals surface area contributed by atoms with Crippen molar-refractivity contribution < 1.29 is 0 Å². The van der Waals surface area contributed by atoms with E-state index in [1.54, 1.807) is 22.9 Å². The zero-order valence-corrected chi connectivity index (χ0v) is 9.62. The largest absolute Gasteiger partial charge is 0.397 e. The van der Waals surface area contributed by atoms with Crippen LogP contribution in [0.4, 0.5) is 5.69 Å². The van der Waals surface area contributed by atoms with Crippen LogP contribution in [0.2, 0.25) is 0 Å². The Labute approximate surface area is 98.7 Å². The van der Waals surface area contributed by atoms with Crippen molar-refractivity contribution in [2.75, 3.05) is 5.73 Å². The van der Waals surface area contributed by atoms with Gasteiger partial charge in [0.1, 0.15) is 0 Å². The zero-order valence-electron chi connectivity index (χ0n) is 9.62. The average Bonchev–Trinajstić information content (AvgIpc) is 2.77. The maximum absolute atomic E-state index is 8.77. The number of hydrogen-bond donors (Lipinski definition) is 1. The Kier molecular flexibility index (Phi) is 2.75. The van der Waals surface area contributed by atoms with Crippen LogP contribution in [0.3, 0.4) is 0 Å². The molecule has 0 spiro atoms. The third-order valence-electron chi connectivity index (χ3n) is 2.39. The summed E-state index contributed by atoms with van der Waals surface area (Å²) in [5.74, 6) is 0.932. The minimum Gasteiger partial charge on any atom is -0.397 e. The molecule has 0 saturated heterocycles. The Morgan fingerprint density at radius 3 is 2.76 bits per heavy atom. The van der Waals surface area contributed by atoms with E-state index in [-0.39, 0.29) is 5.92 Å². The van der Waals surface area contributed by atoms with Crippen molar-refractivity contribution in [1.29, 1.82) is 5.26 Å². The Bertz CT molecular complexity index is 578. The molecule has 86 valence electrons. The first-order valence-electron chi connectivity index (χ1n) is 5.21. The van der Waals surface area contributed by atoms with Gasteiger partial charge in [-0.1, -0.05) is 13.8 Å². The Morgan fingerprint density at radius 2 is 2.18 bits per heavy atom. The molecule has 1 aromatic carbocycles. The van der Waals surface area contributed by atoms with Gasteiger partial charge in [0.2, 0.25) is 0 Å². The molecule has 0 saturated carbocycles. The predicted octanol–water partition coefficient (Wildman–Crippen LogP) is 1.24. The molecule has 2 N–H and O–H groups in total. The van der Waals surface area contributed by atoms with Gasteiger partial charge >= 0.3 is 0 Å². The first-order chi connectivity index (χ1) is 8.13. The van der Waals surface area contributed by atoms with E-state index in [0.29, 0.717) is 16.9 Å². The lowest BCUT2D eigenvalue weighted by molar-refractivity contribution is 0.711.